The van der Waals surface area contributed by atoms with Gasteiger partial charge in [0, 0.05) is 5.54 Å². The fourth-order valence-corrected chi connectivity index (χ4v) is 3.06. The van der Waals surface area contributed by atoms with Crippen molar-refractivity contribution in [3.8, 4) is 0 Å². The standard InChI is InChI=1S/C15H22FN/c1-3-12-6-8-15(17,9-7-12)14-5-4-13(16)10-11(14)2/h4-5,10,12H,3,6-9,17H2,1-2H3. The van der Waals surface area contributed by atoms with Gasteiger partial charge in [-0.1, -0.05) is 19.4 Å². The highest BCUT2D eigenvalue weighted by Crippen LogP contribution is 2.39. The van der Waals surface area contributed by atoms with Gasteiger partial charge in [0.25, 0.3) is 0 Å². The molecule has 0 radical (unpaired) electrons. The lowest BCUT2D eigenvalue weighted by Gasteiger charge is -2.38. The van der Waals surface area contributed by atoms with E-state index in [0.717, 1.165) is 29.9 Å². The van der Waals surface area contributed by atoms with E-state index in [0.29, 0.717) is 0 Å². The highest BCUT2D eigenvalue weighted by atomic mass is 19.1. The molecule has 0 unspecified atom stereocenters. The third-order valence-electron chi connectivity index (χ3n) is 4.30. The van der Waals surface area contributed by atoms with Crippen LogP contribution in [0.25, 0.3) is 0 Å². The Kier molecular flexibility index (Phi) is 3.53. The largest absolute Gasteiger partial charge is 0.321 e. The number of halogens is 1. The minimum atomic E-state index is -0.233. The predicted octanol–water partition coefficient (Wildman–Crippen LogP) is 3.89. The van der Waals surface area contributed by atoms with Gasteiger partial charge in [0.05, 0.1) is 0 Å². The topological polar surface area (TPSA) is 26.0 Å². The molecule has 1 aromatic carbocycles. The van der Waals surface area contributed by atoms with Gasteiger partial charge in [0.15, 0.2) is 0 Å². The normalized spacial score (nSPS) is 29.3. The molecule has 1 nitrogen and oxygen atoms in total. The van der Waals surface area contributed by atoms with Crippen LogP contribution in [0.5, 0.6) is 0 Å². The molecule has 0 atom stereocenters. The van der Waals surface area contributed by atoms with Crippen molar-refractivity contribution in [2.75, 3.05) is 0 Å². The van der Waals surface area contributed by atoms with Crippen LogP contribution in [0.4, 0.5) is 4.39 Å². The fourth-order valence-electron chi connectivity index (χ4n) is 3.06. The molecule has 0 amide bonds. The number of aryl methyl sites for hydroxylation is 1. The smallest absolute Gasteiger partial charge is 0.123 e. The Bertz CT molecular complexity index is 392. The van der Waals surface area contributed by atoms with Gasteiger partial charge in [-0.3, -0.25) is 0 Å². The summed E-state index contributed by atoms with van der Waals surface area (Å²) in [7, 11) is 0. The molecular formula is C15H22FN. The van der Waals surface area contributed by atoms with Crippen LogP contribution in [0.1, 0.15) is 50.2 Å². The van der Waals surface area contributed by atoms with Crippen molar-refractivity contribution in [1.29, 1.82) is 0 Å². The second-order valence-corrected chi connectivity index (χ2v) is 5.47. The van der Waals surface area contributed by atoms with Crippen LogP contribution >= 0.6 is 0 Å². The van der Waals surface area contributed by atoms with Gasteiger partial charge in [-0.15, -0.1) is 0 Å². The number of rotatable bonds is 2. The Morgan fingerprint density at radius 2 is 2.00 bits per heavy atom. The molecule has 2 heteroatoms. The minimum Gasteiger partial charge on any atom is -0.321 e. The Labute approximate surface area is 103 Å². The van der Waals surface area contributed by atoms with Gasteiger partial charge < -0.3 is 5.73 Å². The average Bonchev–Trinajstić information content (AvgIpc) is 2.29. The quantitative estimate of drug-likeness (QED) is 0.827. The third-order valence-corrected chi connectivity index (χ3v) is 4.30. The summed E-state index contributed by atoms with van der Waals surface area (Å²) < 4.78 is 13.1. The van der Waals surface area contributed by atoms with E-state index in [1.54, 1.807) is 6.07 Å². The summed E-state index contributed by atoms with van der Waals surface area (Å²) in [6.07, 6.45) is 5.70. The molecular weight excluding hydrogens is 213 g/mol. The van der Waals surface area contributed by atoms with Crippen LogP contribution in [0, 0.1) is 18.7 Å². The van der Waals surface area contributed by atoms with E-state index in [9.17, 15) is 4.39 Å². The van der Waals surface area contributed by atoms with Gasteiger partial charge in [0.1, 0.15) is 5.82 Å². The molecule has 2 N–H and O–H groups in total. The summed E-state index contributed by atoms with van der Waals surface area (Å²) in [5, 5.41) is 0. The molecule has 0 aliphatic heterocycles. The van der Waals surface area contributed by atoms with Gasteiger partial charge in [-0.2, -0.15) is 0 Å². The molecule has 1 saturated carbocycles. The first-order valence-corrected chi connectivity index (χ1v) is 6.60. The van der Waals surface area contributed by atoms with E-state index in [1.807, 2.05) is 13.0 Å². The number of nitrogens with two attached hydrogens (primary N) is 1. The summed E-state index contributed by atoms with van der Waals surface area (Å²) >= 11 is 0. The van der Waals surface area contributed by atoms with Crippen LogP contribution in [0.2, 0.25) is 0 Å². The molecule has 1 aliphatic carbocycles. The Balaban J connectivity index is 2.21. The minimum absolute atomic E-state index is 0.169. The van der Waals surface area contributed by atoms with Crippen LogP contribution in [0.15, 0.2) is 18.2 Å². The van der Waals surface area contributed by atoms with E-state index >= 15 is 0 Å². The molecule has 0 saturated heterocycles. The number of benzene rings is 1. The van der Waals surface area contributed by atoms with Crippen molar-refractivity contribution >= 4 is 0 Å². The molecule has 0 heterocycles. The molecule has 94 valence electrons. The molecule has 1 fully saturated rings. The lowest BCUT2D eigenvalue weighted by atomic mass is 9.72. The first-order chi connectivity index (χ1) is 8.05. The zero-order valence-electron chi connectivity index (χ0n) is 10.8. The van der Waals surface area contributed by atoms with E-state index in [1.165, 1.54) is 25.3 Å². The Hall–Kier alpha value is -0.890. The summed E-state index contributed by atoms with van der Waals surface area (Å²) in [6, 6.07) is 5.00. The van der Waals surface area contributed by atoms with Crippen molar-refractivity contribution in [1.82, 2.24) is 0 Å². The molecule has 0 aromatic heterocycles. The SMILES string of the molecule is CCC1CCC(N)(c2ccc(F)cc2C)CC1. The van der Waals surface area contributed by atoms with Gasteiger partial charge in [-0.05, 0) is 61.8 Å². The van der Waals surface area contributed by atoms with Crippen LogP contribution in [-0.2, 0) is 5.54 Å². The van der Waals surface area contributed by atoms with Crippen LogP contribution in [-0.4, -0.2) is 0 Å². The van der Waals surface area contributed by atoms with Gasteiger partial charge in [-0.25, -0.2) is 4.39 Å². The van der Waals surface area contributed by atoms with Crippen molar-refractivity contribution < 1.29 is 4.39 Å². The second kappa shape index (κ2) is 4.77. The third kappa shape index (κ3) is 2.52. The van der Waals surface area contributed by atoms with Crippen molar-refractivity contribution in [3.05, 3.63) is 35.1 Å². The maximum atomic E-state index is 13.1. The van der Waals surface area contributed by atoms with Gasteiger partial charge >= 0.3 is 0 Å². The molecule has 1 aromatic rings. The van der Waals surface area contributed by atoms with E-state index in [4.69, 9.17) is 5.73 Å². The summed E-state index contributed by atoms with van der Waals surface area (Å²) in [5.41, 5.74) is 8.41. The number of hydrogen-bond acceptors (Lipinski definition) is 1. The molecule has 0 bridgehead atoms. The highest BCUT2D eigenvalue weighted by Gasteiger charge is 2.33. The molecule has 0 spiro atoms. The fraction of sp³-hybridized carbons (Fsp3) is 0.600. The van der Waals surface area contributed by atoms with E-state index in [-0.39, 0.29) is 11.4 Å². The molecule has 1 aliphatic rings. The summed E-state index contributed by atoms with van der Waals surface area (Å²) in [4.78, 5) is 0. The van der Waals surface area contributed by atoms with Crippen molar-refractivity contribution in [3.63, 3.8) is 0 Å². The monoisotopic (exact) mass is 235 g/mol. The summed E-state index contributed by atoms with van der Waals surface area (Å²) in [5.74, 6) is 0.657. The van der Waals surface area contributed by atoms with Gasteiger partial charge in [0.2, 0.25) is 0 Å². The highest BCUT2D eigenvalue weighted by molar-refractivity contribution is 5.33. The van der Waals surface area contributed by atoms with E-state index < -0.39 is 0 Å². The number of hydrogen-bond donors (Lipinski definition) is 1. The van der Waals surface area contributed by atoms with Crippen LogP contribution in [0.3, 0.4) is 0 Å². The van der Waals surface area contributed by atoms with Crippen molar-refractivity contribution in [2.24, 2.45) is 11.7 Å². The Morgan fingerprint density at radius 1 is 1.35 bits per heavy atom. The zero-order valence-corrected chi connectivity index (χ0v) is 10.8. The van der Waals surface area contributed by atoms with Crippen molar-refractivity contribution in [2.45, 2.75) is 51.5 Å². The first kappa shape index (κ1) is 12.6. The Morgan fingerprint density at radius 3 is 2.53 bits per heavy atom. The van der Waals surface area contributed by atoms with Crippen LogP contribution < -0.4 is 5.73 Å². The molecule has 17 heavy (non-hydrogen) atoms. The first-order valence-electron chi connectivity index (χ1n) is 6.60. The second-order valence-electron chi connectivity index (χ2n) is 5.47. The lowest BCUT2D eigenvalue weighted by molar-refractivity contribution is 0.231. The average molecular weight is 235 g/mol. The zero-order chi connectivity index (χ0) is 12.5. The summed E-state index contributed by atoms with van der Waals surface area (Å²) in [6.45, 7) is 4.20. The maximum absolute atomic E-state index is 13.1. The molecule has 2 rings (SSSR count). The predicted molar refractivity (Wildman–Crippen MR) is 69.3 cm³/mol. The maximum Gasteiger partial charge on any atom is 0.123 e. The lowest BCUT2D eigenvalue weighted by Crippen LogP contribution is -2.41. The van der Waals surface area contributed by atoms with E-state index in [2.05, 4.69) is 6.92 Å².